The van der Waals surface area contributed by atoms with Crippen LogP contribution in [0, 0.1) is 18.2 Å². The minimum Gasteiger partial charge on any atom is -0.390 e. The predicted octanol–water partition coefficient (Wildman–Crippen LogP) is 4.66. The molecule has 9 heteroatoms. The Morgan fingerprint density at radius 3 is 2.61 bits per heavy atom. The van der Waals surface area contributed by atoms with E-state index in [0.717, 1.165) is 68.6 Å². The number of hydrogen-bond donors (Lipinski definition) is 2. The van der Waals surface area contributed by atoms with Crippen molar-refractivity contribution in [3.63, 3.8) is 0 Å². The number of aryl methyl sites for hydroxylation is 2. The first-order valence-corrected chi connectivity index (χ1v) is 12.4. The van der Waals surface area contributed by atoms with Crippen molar-refractivity contribution >= 4 is 22.4 Å². The fraction of sp³-hybridized carbons (Fsp3) is 0.481. The Labute approximate surface area is 207 Å². The molecular weight excluding hydrogens is 469 g/mol. The molecule has 1 spiro atoms. The molecule has 36 heavy (non-hydrogen) atoms. The van der Waals surface area contributed by atoms with Gasteiger partial charge >= 0.3 is 0 Å². The van der Waals surface area contributed by atoms with Crippen LogP contribution >= 0.6 is 0 Å². The molecule has 3 aliphatic rings. The summed E-state index contributed by atoms with van der Waals surface area (Å²) in [6.07, 6.45) is 3.08. The highest BCUT2D eigenvalue weighted by Crippen LogP contribution is 2.46. The fourth-order valence-corrected chi connectivity index (χ4v) is 5.82. The first-order valence-electron chi connectivity index (χ1n) is 12.4. The number of hydrogen-bond acceptors (Lipinski definition) is 6. The van der Waals surface area contributed by atoms with E-state index in [1.54, 1.807) is 0 Å². The molecule has 190 valence electrons. The Kier molecular flexibility index (Phi) is 5.42. The van der Waals surface area contributed by atoms with Crippen LogP contribution in [0.5, 0.6) is 0 Å². The predicted molar refractivity (Wildman–Crippen MR) is 131 cm³/mol. The van der Waals surface area contributed by atoms with Crippen LogP contribution < -0.4 is 10.2 Å². The second-order valence-electron chi connectivity index (χ2n) is 10.5. The van der Waals surface area contributed by atoms with E-state index in [1.807, 2.05) is 13.8 Å². The molecule has 2 fully saturated rings. The molecule has 6 nitrogen and oxygen atoms in total. The second-order valence-corrected chi connectivity index (χ2v) is 10.5. The standard InChI is InChI=1S/C27H29F3N4O2/c1-15(17-6-7-22(28)21(8-17)27(29,30)12-35)31-25-20-9-23(34-10-26(11-34)13-36-14-26)18-4-3-5-19(18)24(20)32-16(2)33-25/h6-9,15,35H,3-5,10-14H2,1-2H3,(H,31,32,33). The van der Waals surface area contributed by atoms with E-state index in [1.165, 1.54) is 22.9 Å². The van der Waals surface area contributed by atoms with Crippen LogP contribution in [0.1, 0.15) is 47.5 Å². The van der Waals surface area contributed by atoms with E-state index in [9.17, 15) is 13.2 Å². The third-order valence-corrected chi connectivity index (χ3v) is 7.80. The van der Waals surface area contributed by atoms with E-state index in [-0.39, 0.29) is 5.41 Å². The van der Waals surface area contributed by atoms with E-state index in [2.05, 4.69) is 21.3 Å². The number of nitrogens with one attached hydrogen (secondary N) is 1. The van der Waals surface area contributed by atoms with Gasteiger partial charge in [0, 0.05) is 30.2 Å². The summed E-state index contributed by atoms with van der Waals surface area (Å²) >= 11 is 0. The van der Waals surface area contributed by atoms with Crippen molar-refractivity contribution in [3.8, 4) is 0 Å². The van der Waals surface area contributed by atoms with Gasteiger partial charge in [0.1, 0.15) is 24.1 Å². The van der Waals surface area contributed by atoms with Crippen LogP contribution in [0.15, 0.2) is 24.3 Å². The Morgan fingerprint density at radius 1 is 1.17 bits per heavy atom. The normalized spacial score (nSPS) is 19.2. The van der Waals surface area contributed by atoms with Crippen LogP contribution in [0.4, 0.5) is 24.7 Å². The van der Waals surface area contributed by atoms with Crippen molar-refractivity contribution in [1.29, 1.82) is 0 Å². The average Bonchev–Trinajstić information content (AvgIpc) is 3.28. The van der Waals surface area contributed by atoms with Crippen molar-refractivity contribution in [2.75, 3.05) is 43.1 Å². The van der Waals surface area contributed by atoms with Crippen LogP contribution in [-0.4, -0.2) is 48.0 Å². The lowest BCUT2D eigenvalue weighted by atomic mass is 9.77. The largest absolute Gasteiger partial charge is 0.390 e. The maximum atomic E-state index is 14.1. The highest BCUT2D eigenvalue weighted by Gasteiger charge is 2.49. The van der Waals surface area contributed by atoms with Gasteiger partial charge in [0.05, 0.1) is 29.7 Å². The van der Waals surface area contributed by atoms with E-state index in [4.69, 9.17) is 14.8 Å². The number of aromatic nitrogens is 2. The van der Waals surface area contributed by atoms with Crippen LogP contribution in [0.3, 0.4) is 0 Å². The van der Waals surface area contributed by atoms with Gasteiger partial charge in [-0.2, -0.15) is 8.78 Å². The van der Waals surface area contributed by atoms with Gasteiger partial charge in [-0.25, -0.2) is 14.4 Å². The summed E-state index contributed by atoms with van der Waals surface area (Å²) in [5.74, 6) is -3.45. The molecule has 2 aromatic carbocycles. The maximum absolute atomic E-state index is 14.1. The lowest BCUT2D eigenvalue weighted by molar-refractivity contribution is -0.127. The summed E-state index contributed by atoms with van der Waals surface area (Å²) in [6.45, 7) is 5.81. The Hall–Kier alpha value is -2.91. The molecule has 2 saturated heterocycles. The molecule has 1 atom stereocenters. The van der Waals surface area contributed by atoms with Crippen molar-refractivity contribution in [1.82, 2.24) is 9.97 Å². The molecular formula is C27H29F3N4O2. The quantitative estimate of drug-likeness (QED) is 0.515. The van der Waals surface area contributed by atoms with Gasteiger partial charge in [-0.3, -0.25) is 0 Å². The lowest BCUT2D eigenvalue weighted by Gasteiger charge is -2.56. The zero-order valence-electron chi connectivity index (χ0n) is 20.4. The molecule has 6 rings (SSSR count). The van der Waals surface area contributed by atoms with Crippen LogP contribution in [-0.2, 0) is 23.5 Å². The van der Waals surface area contributed by atoms with Gasteiger partial charge in [0.25, 0.3) is 5.92 Å². The molecule has 0 saturated carbocycles. The molecule has 0 radical (unpaired) electrons. The van der Waals surface area contributed by atoms with Gasteiger partial charge < -0.3 is 20.1 Å². The number of halogens is 3. The Bertz CT molecular complexity index is 1350. The van der Waals surface area contributed by atoms with E-state index >= 15 is 0 Å². The summed E-state index contributed by atoms with van der Waals surface area (Å²) in [7, 11) is 0. The SMILES string of the molecule is Cc1nc(NC(C)c2ccc(F)c(C(F)(F)CO)c2)c2cc(N3CC4(COC4)C3)c3c(c2n1)CCC3. The van der Waals surface area contributed by atoms with Crippen LogP contribution in [0.25, 0.3) is 10.9 Å². The summed E-state index contributed by atoms with van der Waals surface area (Å²) in [5, 5.41) is 13.3. The van der Waals surface area contributed by atoms with Gasteiger partial charge in [-0.1, -0.05) is 6.07 Å². The minimum atomic E-state index is -3.66. The number of fused-ring (bicyclic) bond motifs is 3. The molecule has 1 aliphatic carbocycles. The molecule has 2 N–H and O–H groups in total. The molecule has 1 aromatic heterocycles. The highest BCUT2D eigenvalue weighted by atomic mass is 19.3. The van der Waals surface area contributed by atoms with Gasteiger partial charge in [0.15, 0.2) is 0 Å². The van der Waals surface area contributed by atoms with Gasteiger partial charge in [-0.15, -0.1) is 0 Å². The number of alkyl halides is 2. The van der Waals surface area contributed by atoms with Crippen molar-refractivity contribution in [2.24, 2.45) is 5.41 Å². The molecule has 3 aromatic rings. The van der Waals surface area contributed by atoms with Gasteiger partial charge in [0.2, 0.25) is 0 Å². The number of rotatable bonds is 6. The summed E-state index contributed by atoms with van der Waals surface area (Å²) in [4.78, 5) is 11.9. The van der Waals surface area contributed by atoms with Gasteiger partial charge in [-0.05, 0) is 68.0 Å². The molecule has 0 amide bonds. The number of aliphatic hydroxyl groups is 1. The summed E-state index contributed by atoms with van der Waals surface area (Å²) in [5.41, 5.74) is 4.73. The summed E-state index contributed by atoms with van der Waals surface area (Å²) < 4.78 is 47.8. The Balaban J connectivity index is 1.38. The van der Waals surface area contributed by atoms with E-state index < -0.39 is 30.0 Å². The average molecular weight is 499 g/mol. The number of nitrogens with zero attached hydrogens (tertiary/aromatic N) is 3. The number of anilines is 2. The molecule has 2 aliphatic heterocycles. The Morgan fingerprint density at radius 2 is 1.92 bits per heavy atom. The molecule has 0 bridgehead atoms. The highest BCUT2D eigenvalue weighted by molar-refractivity contribution is 5.96. The van der Waals surface area contributed by atoms with Crippen molar-refractivity contribution in [3.05, 3.63) is 58.2 Å². The number of aliphatic hydroxyl groups excluding tert-OH is 1. The second kappa shape index (κ2) is 8.31. The third kappa shape index (κ3) is 3.71. The van der Waals surface area contributed by atoms with Crippen molar-refractivity contribution in [2.45, 2.75) is 45.1 Å². The van der Waals surface area contributed by atoms with Crippen molar-refractivity contribution < 1.29 is 23.0 Å². The lowest BCUT2D eigenvalue weighted by Crippen LogP contribution is -2.66. The smallest absolute Gasteiger partial charge is 0.298 e. The zero-order valence-corrected chi connectivity index (χ0v) is 20.4. The topological polar surface area (TPSA) is 70.5 Å². The van der Waals surface area contributed by atoms with E-state index in [0.29, 0.717) is 17.2 Å². The molecule has 3 heterocycles. The summed E-state index contributed by atoms with van der Waals surface area (Å²) in [6, 6.07) is 5.33. The van der Waals surface area contributed by atoms with Crippen LogP contribution in [0.2, 0.25) is 0 Å². The zero-order chi connectivity index (χ0) is 25.2. The minimum absolute atomic E-state index is 0.288. The number of benzene rings is 2. The maximum Gasteiger partial charge on any atom is 0.298 e. The number of ether oxygens (including phenoxy) is 1. The first kappa shape index (κ1) is 23.5. The molecule has 1 unspecified atom stereocenters. The first-order chi connectivity index (χ1) is 17.2. The monoisotopic (exact) mass is 498 g/mol. The third-order valence-electron chi connectivity index (χ3n) is 7.80. The fourth-order valence-electron chi connectivity index (χ4n) is 5.82.